The maximum atomic E-state index is 13.6. The Balaban J connectivity index is 1.83. The van der Waals surface area contributed by atoms with Crippen LogP contribution in [0.15, 0.2) is 66.4 Å². The highest BCUT2D eigenvalue weighted by molar-refractivity contribution is 6.36. The van der Waals surface area contributed by atoms with Gasteiger partial charge in [0.15, 0.2) is 0 Å². The number of hydrogen-bond donors (Lipinski definition) is 0. The number of carbonyl (C=O) groups excluding carboxylic acids is 2. The first-order valence-electron chi connectivity index (χ1n) is 10.2. The molecule has 0 N–H and O–H groups in total. The van der Waals surface area contributed by atoms with Crippen LogP contribution in [0, 0.1) is 0 Å². The van der Waals surface area contributed by atoms with E-state index in [4.69, 9.17) is 0 Å². The Morgan fingerprint density at radius 1 is 0.857 bits per heavy atom. The van der Waals surface area contributed by atoms with Gasteiger partial charge in [-0.2, -0.15) is 0 Å². The van der Waals surface area contributed by atoms with Crippen LogP contribution in [-0.2, 0) is 9.59 Å². The Labute approximate surface area is 166 Å². The van der Waals surface area contributed by atoms with Crippen LogP contribution >= 0.6 is 0 Å². The van der Waals surface area contributed by atoms with Crippen molar-refractivity contribution in [3.05, 3.63) is 71.9 Å². The molecule has 1 aliphatic carbocycles. The predicted molar refractivity (Wildman–Crippen MR) is 112 cm³/mol. The maximum Gasteiger partial charge on any atom is 0.278 e. The number of rotatable bonds is 5. The van der Waals surface area contributed by atoms with E-state index in [1.807, 2.05) is 72.5 Å². The van der Waals surface area contributed by atoms with Crippen LogP contribution in [0.4, 0.5) is 5.69 Å². The number of hydrogen-bond acceptors (Lipinski definition) is 3. The Kier molecular flexibility index (Phi) is 5.29. The molecule has 0 unspecified atom stereocenters. The lowest BCUT2D eigenvalue weighted by molar-refractivity contribution is -0.140. The molecule has 0 radical (unpaired) electrons. The second kappa shape index (κ2) is 8.01. The zero-order chi connectivity index (χ0) is 19.5. The maximum absolute atomic E-state index is 13.6. The zero-order valence-corrected chi connectivity index (χ0v) is 16.3. The molecule has 2 aliphatic rings. The fourth-order valence-corrected chi connectivity index (χ4v) is 4.40. The molecule has 4 nitrogen and oxygen atoms in total. The monoisotopic (exact) mass is 374 g/mol. The van der Waals surface area contributed by atoms with Gasteiger partial charge in [0, 0.05) is 18.3 Å². The first-order chi connectivity index (χ1) is 13.7. The molecule has 4 heteroatoms. The van der Waals surface area contributed by atoms with Gasteiger partial charge in [-0.15, -0.1) is 0 Å². The van der Waals surface area contributed by atoms with Crippen molar-refractivity contribution in [2.45, 2.75) is 45.1 Å². The smallest absolute Gasteiger partial charge is 0.278 e. The Bertz CT molecular complexity index is 883. The fraction of sp³-hybridized carbons (Fsp3) is 0.333. The van der Waals surface area contributed by atoms with Crippen LogP contribution in [0.3, 0.4) is 0 Å². The first kappa shape index (κ1) is 18.5. The highest BCUT2D eigenvalue weighted by atomic mass is 16.2. The van der Waals surface area contributed by atoms with Crippen molar-refractivity contribution < 1.29 is 9.59 Å². The summed E-state index contributed by atoms with van der Waals surface area (Å²) in [6.45, 7) is 2.64. The van der Waals surface area contributed by atoms with E-state index in [1.54, 1.807) is 4.90 Å². The molecular weight excluding hydrogens is 348 g/mol. The molecule has 1 heterocycles. The van der Waals surface area contributed by atoms with Crippen LogP contribution in [0.1, 0.15) is 44.6 Å². The largest absolute Gasteiger partial charge is 0.337 e. The number of para-hydroxylation sites is 1. The summed E-state index contributed by atoms with van der Waals surface area (Å²) in [6.07, 6.45) is 5.15. The average molecular weight is 374 g/mol. The standard InChI is InChI=1S/C24H26N2O2/c1-2-25(19-14-8-4-9-15-19)22-21(18-12-6-3-7-13-18)23(27)26(24(22)28)20-16-10-5-11-17-20/h3-4,6-9,12-15,20H,2,5,10-11,16-17H2,1H3. The lowest BCUT2D eigenvalue weighted by Crippen LogP contribution is -2.43. The summed E-state index contributed by atoms with van der Waals surface area (Å²) in [4.78, 5) is 30.6. The van der Waals surface area contributed by atoms with Gasteiger partial charge in [-0.1, -0.05) is 67.8 Å². The molecule has 2 aromatic carbocycles. The molecule has 1 fully saturated rings. The number of benzene rings is 2. The number of nitrogens with zero attached hydrogens (tertiary/aromatic N) is 2. The van der Waals surface area contributed by atoms with Crippen molar-refractivity contribution >= 4 is 23.1 Å². The zero-order valence-electron chi connectivity index (χ0n) is 16.3. The van der Waals surface area contributed by atoms with Gasteiger partial charge < -0.3 is 4.90 Å². The van der Waals surface area contributed by atoms with E-state index in [2.05, 4.69) is 0 Å². The minimum Gasteiger partial charge on any atom is -0.337 e. The average Bonchev–Trinajstić information content (AvgIpc) is 3.01. The summed E-state index contributed by atoms with van der Waals surface area (Å²) < 4.78 is 0. The van der Waals surface area contributed by atoms with Gasteiger partial charge in [-0.05, 0) is 37.5 Å². The Morgan fingerprint density at radius 3 is 2.07 bits per heavy atom. The van der Waals surface area contributed by atoms with E-state index < -0.39 is 0 Å². The van der Waals surface area contributed by atoms with Crippen molar-refractivity contribution in [2.75, 3.05) is 11.4 Å². The highest BCUT2D eigenvalue weighted by Crippen LogP contribution is 2.37. The third-order valence-electron chi connectivity index (χ3n) is 5.75. The quantitative estimate of drug-likeness (QED) is 0.717. The third-order valence-corrected chi connectivity index (χ3v) is 5.75. The summed E-state index contributed by atoms with van der Waals surface area (Å²) >= 11 is 0. The van der Waals surface area contributed by atoms with Crippen molar-refractivity contribution in [3.8, 4) is 0 Å². The molecule has 0 saturated heterocycles. The van der Waals surface area contributed by atoms with Crippen molar-refractivity contribution in [3.63, 3.8) is 0 Å². The second-order valence-electron chi connectivity index (χ2n) is 7.44. The summed E-state index contributed by atoms with van der Waals surface area (Å²) in [5.74, 6) is -0.297. The number of anilines is 1. The molecular formula is C24H26N2O2. The lowest BCUT2D eigenvalue weighted by atomic mass is 9.94. The fourth-order valence-electron chi connectivity index (χ4n) is 4.40. The molecule has 1 saturated carbocycles. The van der Waals surface area contributed by atoms with Gasteiger partial charge in [0.2, 0.25) is 0 Å². The molecule has 2 aromatic rings. The van der Waals surface area contributed by atoms with E-state index in [-0.39, 0.29) is 17.9 Å². The number of carbonyl (C=O) groups is 2. The normalized spacial score (nSPS) is 18.1. The molecule has 0 aromatic heterocycles. The molecule has 2 amide bonds. The summed E-state index contributed by atoms with van der Waals surface area (Å²) in [6, 6.07) is 19.5. The van der Waals surface area contributed by atoms with Crippen LogP contribution < -0.4 is 4.90 Å². The molecule has 144 valence electrons. The minimum atomic E-state index is -0.151. The van der Waals surface area contributed by atoms with Crippen molar-refractivity contribution in [1.82, 2.24) is 4.90 Å². The molecule has 0 bridgehead atoms. The summed E-state index contributed by atoms with van der Waals surface area (Å²) in [5, 5.41) is 0. The van der Waals surface area contributed by atoms with Crippen LogP contribution in [-0.4, -0.2) is 29.3 Å². The molecule has 1 aliphatic heterocycles. The van der Waals surface area contributed by atoms with E-state index in [0.29, 0.717) is 17.8 Å². The Morgan fingerprint density at radius 2 is 1.46 bits per heavy atom. The Hall–Kier alpha value is -2.88. The minimum absolute atomic E-state index is 0.0134. The van der Waals surface area contributed by atoms with Crippen LogP contribution in [0.2, 0.25) is 0 Å². The third kappa shape index (κ3) is 3.24. The molecule has 0 atom stereocenters. The van der Waals surface area contributed by atoms with Crippen LogP contribution in [0.25, 0.3) is 5.57 Å². The number of imide groups is 1. The van der Waals surface area contributed by atoms with Crippen molar-refractivity contribution in [2.24, 2.45) is 0 Å². The van der Waals surface area contributed by atoms with E-state index >= 15 is 0 Å². The van der Waals surface area contributed by atoms with Crippen LogP contribution in [0.5, 0.6) is 0 Å². The first-order valence-corrected chi connectivity index (χ1v) is 10.2. The number of amides is 2. The molecule has 28 heavy (non-hydrogen) atoms. The van der Waals surface area contributed by atoms with Crippen molar-refractivity contribution in [1.29, 1.82) is 0 Å². The van der Waals surface area contributed by atoms with Gasteiger partial charge in [0.1, 0.15) is 5.70 Å². The molecule has 0 spiro atoms. The highest BCUT2D eigenvalue weighted by Gasteiger charge is 2.44. The van der Waals surface area contributed by atoms with Gasteiger partial charge in [-0.25, -0.2) is 0 Å². The lowest BCUT2D eigenvalue weighted by Gasteiger charge is -2.31. The topological polar surface area (TPSA) is 40.6 Å². The van der Waals surface area contributed by atoms with E-state index in [0.717, 1.165) is 36.9 Å². The number of likely N-dealkylation sites (N-methyl/N-ethyl adjacent to an activating group) is 1. The SMILES string of the molecule is CCN(C1=C(c2ccccc2)C(=O)N(C2CCCCC2)C1=O)c1ccccc1. The van der Waals surface area contributed by atoms with Gasteiger partial charge in [0.05, 0.1) is 5.57 Å². The van der Waals surface area contributed by atoms with Gasteiger partial charge in [-0.3, -0.25) is 14.5 Å². The summed E-state index contributed by atoms with van der Waals surface area (Å²) in [7, 11) is 0. The predicted octanol–water partition coefficient (Wildman–Crippen LogP) is 4.63. The second-order valence-corrected chi connectivity index (χ2v) is 7.44. The van der Waals surface area contributed by atoms with E-state index in [1.165, 1.54) is 6.42 Å². The summed E-state index contributed by atoms with van der Waals surface area (Å²) in [5.41, 5.74) is 2.78. The molecule has 4 rings (SSSR count). The van der Waals surface area contributed by atoms with E-state index in [9.17, 15) is 9.59 Å². The van der Waals surface area contributed by atoms with Gasteiger partial charge in [0.25, 0.3) is 11.8 Å². The van der Waals surface area contributed by atoms with Gasteiger partial charge >= 0.3 is 0 Å².